The summed E-state index contributed by atoms with van der Waals surface area (Å²) in [6.45, 7) is 1.68. The van der Waals surface area contributed by atoms with E-state index in [1.807, 2.05) is 60.7 Å². The van der Waals surface area contributed by atoms with Crippen molar-refractivity contribution in [2.24, 2.45) is 0 Å². The normalized spacial score (nSPS) is 10.6. The van der Waals surface area contributed by atoms with E-state index >= 15 is 0 Å². The minimum Gasteiger partial charge on any atom is -0.408 e. The first kappa shape index (κ1) is 14.0. The third-order valence-electron chi connectivity index (χ3n) is 3.28. The number of hydrogen-bond acceptors (Lipinski definition) is 4. The molecule has 5 heteroatoms. The number of aromatic nitrogens is 2. The molecule has 0 bridgehead atoms. The standard InChI is InChI=1S/C17H15N3O2/c1-12-19-20-17(22-12)18-16(21)15(13-8-4-2-5-9-13)14-10-6-3-7-11-14/h2-11,15H,1H3,(H,18,20,21). The summed E-state index contributed by atoms with van der Waals surface area (Å²) in [6.07, 6.45) is 0. The monoisotopic (exact) mass is 293 g/mol. The Morgan fingerprint density at radius 3 is 1.95 bits per heavy atom. The fraction of sp³-hybridized carbons (Fsp3) is 0.118. The third kappa shape index (κ3) is 3.03. The molecular weight excluding hydrogens is 278 g/mol. The van der Waals surface area contributed by atoms with Crippen molar-refractivity contribution >= 4 is 11.9 Å². The van der Waals surface area contributed by atoms with Crippen LogP contribution in [0.3, 0.4) is 0 Å². The smallest absolute Gasteiger partial charge is 0.322 e. The first-order valence-corrected chi connectivity index (χ1v) is 6.95. The summed E-state index contributed by atoms with van der Waals surface area (Å²) in [5.41, 5.74) is 1.81. The van der Waals surface area contributed by atoms with Crippen molar-refractivity contribution < 1.29 is 9.21 Å². The van der Waals surface area contributed by atoms with Gasteiger partial charge in [0.25, 0.3) is 0 Å². The Kier molecular flexibility index (Phi) is 3.96. The molecule has 0 saturated heterocycles. The molecular formula is C17H15N3O2. The Balaban J connectivity index is 1.93. The van der Waals surface area contributed by atoms with Crippen LogP contribution in [0.2, 0.25) is 0 Å². The fourth-order valence-electron chi connectivity index (χ4n) is 2.31. The molecule has 0 aliphatic heterocycles. The zero-order chi connectivity index (χ0) is 15.4. The Hall–Kier alpha value is -2.95. The van der Waals surface area contributed by atoms with E-state index in [0.717, 1.165) is 11.1 Å². The second-order valence-electron chi connectivity index (χ2n) is 4.87. The molecule has 1 aromatic heterocycles. The molecule has 0 aliphatic carbocycles. The zero-order valence-corrected chi connectivity index (χ0v) is 12.1. The maximum Gasteiger partial charge on any atom is 0.322 e. The maximum absolute atomic E-state index is 12.7. The van der Waals surface area contributed by atoms with Gasteiger partial charge in [0.1, 0.15) is 0 Å². The lowest BCUT2D eigenvalue weighted by Crippen LogP contribution is -2.22. The summed E-state index contributed by atoms with van der Waals surface area (Å²) in [5, 5.41) is 10.2. The highest BCUT2D eigenvalue weighted by atomic mass is 16.4. The van der Waals surface area contributed by atoms with Gasteiger partial charge < -0.3 is 4.42 Å². The van der Waals surface area contributed by atoms with Crippen LogP contribution in [-0.4, -0.2) is 16.1 Å². The average molecular weight is 293 g/mol. The van der Waals surface area contributed by atoms with Crippen molar-refractivity contribution in [1.82, 2.24) is 10.2 Å². The van der Waals surface area contributed by atoms with Gasteiger partial charge in [0.15, 0.2) is 0 Å². The van der Waals surface area contributed by atoms with E-state index in [9.17, 15) is 4.79 Å². The lowest BCUT2D eigenvalue weighted by molar-refractivity contribution is -0.116. The average Bonchev–Trinajstić information content (AvgIpc) is 2.95. The summed E-state index contributed by atoms with van der Waals surface area (Å²) in [6, 6.07) is 19.3. The predicted molar refractivity (Wildman–Crippen MR) is 82.4 cm³/mol. The van der Waals surface area contributed by atoms with Gasteiger partial charge in [-0.2, -0.15) is 0 Å². The van der Waals surface area contributed by atoms with Crippen LogP contribution in [0, 0.1) is 6.92 Å². The molecule has 0 saturated carbocycles. The van der Waals surface area contributed by atoms with Crippen molar-refractivity contribution in [2.75, 3.05) is 5.32 Å². The van der Waals surface area contributed by atoms with Gasteiger partial charge >= 0.3 is 6.01 Å². The van der Waals surface area contributed by atoms with Crippen LogP contribution in [0.1, 0.15) is 22.9 Å². The molecule has 1 N–H and O–H groups in total. The lowest BCUT2D eigenvalue weighted by Gasteiger charge is -2.16. The van der Waals surface area contributed by atoms with E-state index in [0.29, 0.717) is 5.89 Å². The molecule has 0 fully saturated rings. The highest BCUT2D eigenvalue weighted by Gasteiger charge is 2.23. The quantitative estimate of drug-likeness (QED) is 0.802. The second-order valence-corrected chi connectivity index (χ2v) is 4.87. The van der Waals surface area contributed by atoms with Gasteiger partial charge in [-0.3, -0.25) is 10.1 Å². The second kappa shape index (κ2) is 6.22. The van der Waals surface area contributed by atoms with E-state index in [1.54, 1.807) is 6.92 Å². The number of carbonyl (C=O) groups excluding carboxylic acids is 1. The van der Waals surface area contributed by atoms with Gasteiger partial charge in [-0.25, -0.2) is 0 Å². The predicted octanol–water partition coefficient (Wildman–Crippen LogP) is 3.15. The molecule has 0 aliphatic rings. The van der Waals surface area contributed by atoms with Gasteiger partial charge in [0, 0.05) is 6.92 Å². The van der Waals surface area contributed by atoms with Crippen molar-refractivity contribution in [3.8, 4) is 0 Å². The number of nitrogens with zero attached hydrogens (tertiary/aromatic N) is 2. The van der Waals surface area contributed by atoms with Gasteiger partial charge in [-0.1, -0.05) is 65.8 Å². The molecule has 2 aromatic carbocycles. The Morgan fingerprint density at radius 1 is 0.955 bits per heavy atom. The summed E-state index contributed by atoms with van der Waals surface area (Å²) in [5.74, 6) is -0.234. The highest BCUT2D eigenvalue weighted by Crippen LogP contribution is 2.26. The van der Waals surface area contributed by atoms with Crippen molar-refractivity contribution in [2.45, 2.75) is 12.8 Å². The summed E-state index contributed by atoms with van der Waals surface area (Å²) in [4.78, 5) is 12.7. The molecule has 0 spiro atoms. The number of aryl methyl sites for hydroxylation is 1. The van der Waals surface area contributed by atoms with Gasteiger partial charge in [0.2, 0.25) is 11.8 Å². The summed E-state index contributed by atoms with van der Waals surface area (Å²) < 4.78 is 5.22. The van der Waals surface area contributed by atoms with Crippen LogP contribution in [0.5, 0.6) is 0 Å². The van der Waals surface area contributed by atoms with Crippen LogP contribution in [0.15, 0.2) is 65.1 Å². The third-order valence-corrected chi connectivity index (χ3v) is 3.28. The van der Waals surface area contributed by atoms with Crippen LogP contribution in [0.4, 0.5) is 6.01 Å². The molecule has 5 nitrogen and oxygen atoms in total. The SMILES string of the molecule is Cc1nnc(NC(=O)C(c2ccccc2)c2ccccc2)o1. The van der Waals surface area contributed by atoms with Crippen molar-refractivity contribution in [1.29, 1.82) is 0 Å². The Bertz CT molecular complexity index is 714. The van der Waals surface area contributed by atoms with E-state index < -0.39 is 5.92 Å². The number of nitrogens with one attached hydrogen (secondary N) is 1. The molecule has 110 valence electrons. The molecule has 1 amide bonds. The minimum atomic E-state index is -0.436. The lowest BCUT2D eigenvalue weighted by atomic mass is 9.90. The topological polar surface area (TPSA) is 68.0 Å². The van der Waals surface area contributed by atoms with Gasteiger partial charge in [-0.15, -0.1) is 5.10 Å². The Morgan fingerprint density at radius 2 is 1.50 bits per heavy atom. The van der Waals surface area contributed by atoms with E-state index in [4.69, 9.17) is 4.42 Å². The first-order chi connectivity index (χ1) is 10.7. The molecule has 1 heterocycles. The van der Waals surface area contributed by atoms with Gasteiger partial charge in [-0.05, 0) is 11.1 Å². The molecule has 0 atom stereocenters. The number of carbonyl (C=O) groups is 1. The zero-order valence-electron chi connectivity index (χ0n) is 12.1. The molecule has 0 radical (unpaired) electrons. The van der Waals surface area contributed by atoms with Crippen molar-refractivity contribution in [3.63, 3.8) is 0 Å². The Labute approximate surface area is 128 Å². The van der Waals surface area contributed by atoms with E-state index in [2.05, 4.69) is 15.5 Å². The number of benzene rings is 2. The van der Waals surface area contributed by atoms with Crippen molar-refractivity contribution in [3.05, 3.63) is 77.7 Å². The summed E-state index contributed by atoms with van der Waals surface area (Å²) >= 11 is 0. The maximum atomic E-state index is 12.7. The van der Waals surface area contributed by atoms with Gasteiger partial charge in [0.05, 0.1) is 5.92 Å². The van der Waals surface area contributed by atoms with E-state index in [-0.39, 0.29) is 11.9 Å². The number of anilines is 1. The fourth-order valence-corrected chi connectivity index (χ4v) is 2.31. The van der Waals surface area contributed by atoms with E-state index in [1.165, 1.54) is 0 Å². The number of hydrogen-bond donors (Lipinski definition) is 1. The largest absolute Gasteiger partial charge is 0.408 e. The molecule has 0 unspecified atom stereocenters. The van der Waals surface area contributed by atoms with Crippen LogP contribution < -0.4 is 5.32 Å². The van der Waals surface area contributed by atoms with Crippen LogP contribution in [0.25, 0.3) is 0 Å². The van der Waals surface area contributed by atoms with Crippen LogP contribution >= 0.6 is 0 Å². The molecule has 22 heavy (non-hydrogen) atoms. The number of rotatable bonds is 4. The first-order valence-electron chi connectivity index (χ1n) is 6.95. The number of amides is 1. The highest BCUT2D eigenvalue weighted by molar-refractivity contribution is 5.96. The van der Waals surface area contributed by atoms with Crippen LogP contribution in [-0.2, 0) is 4.79 Å². The minimum absolute atomic E-state index is 0.111. The summed E-state index contributed by atoms with van der Waals surface area (Å²) in [7, 11) is 0. The molecule has 3 rings (SSSR count). The molecule has 3 aromatic rings.